The molecule has 1 N–H and O–H groups in total. The Morgan fingerprint density at radius 2 is 2.04 bits per heavy atom. The topological polar surface area (TPSA) is 77.1 Å². The molecule has 1 unspecified atom stereocenters. The summed E-state index contributed by atoms with van der Waals surface area (Å²) in [5, 5.41) is 5.84. The van der Waals surface area contributed by atoms with Crippen molar-refractivity contribution in [2.24, 2.45) is 0 Å². The number of fused-ring (bicyclic) bond motifs is 1. The minimum absolute atomic E-state index is 0.296. The van der Waals surface area contributed by atoms with Crippen LogP contribution in [-0.4, -0.2) is 15.5 Å². The summed E-state index contributed by atoms with van der Waals surface area (Å²) in [5.74, 6) is -0.846. The summed E-state index contributed by atoms with van der Waals surface area (Å²) >= 11 is 1.58. The van der Waals surface area contributed by atoms with E-state index in [0.717, 1.165) is 16.3 Å². The molecule has 0 aliphatic carbocycles. The van der Waals surface area contributed by atoms with Crippen molar-refractivity contribution in [3.8, 4) is 11.3 Å². The number of para-hydroxylation sites is 2. The number of nitrogens with zero attached hydrogens (tertiary/aromatic N) is 2. The SMILES string of the molecule is Cc1nc(-c2cccc(NC(=O)C(C)n3c(=O)oc4ccccc43)c2)cs1. The lowest BCUT2D eigenvalue weighted by Crippen LogP contribution is -2.29. The van der Waals surface area contributed by atoms with Gasteiger partial charge in [-0.1, -0.05) is 24.3 Å². The second-order valence-electron chi connectivity index (χ2n) is 6.20. The zero-order chi connectivity index (χ0) is 19.0. The van der Waals surface area contributed by atoms with Gasteiger partial charge in [-0.05, 0) is 38.1 Å². The molecule has 0 saturated carbocycles. The number of anilines is 1. The molecular formula is C20H17N3O3S. The second kappa shape index (κ2) is 6.85. The number of oxazole rings is 1. The van der Waals surface area contributed by atoms with E-state index in [4.69, 9.17) is 4.42 Å². The molecule has 2 aromatic heterocycles. The first-order valence-electron chi connectivity index (χ1n) is 8.46. The number of nitrogens with one attached hydrogen (secondary N) is 1. The van der Waals surface area contributed by atoms with Crippen LogP contribution in [0.25, 0.3) is 22.4 Å². The van der Waals surface area contributed by atoms with E-state index in [1.165, 1.54) is 4.57 Å². The molecule has 2 aromatic carbocycles. The van der Waals surface area contributed by atoms with E-state index >= 15 is 0 Å². The molecule has 0 fully saturated rings. The molecule has 0 aliphatic rings. The van der Waals surface area contributed by atoms with E-state index in [2.05, 4.69) is 10.3 Å². The van der Waals surface area contributed by atoms with Crippen molar-refractivity contribution in [2.45, 2.75) is 19.9 Å². The van der Waals surface area contributed by atoms with Crippen LogP contribution in [0.2, 0.25) is 0 Å². The van der Waals surface area contributed by atoms with Crippen LogP contribution >= 0.6 is 11.3 Å². The average Bonchev–Trinajstić information content (AvgIpc) is 3.23. The lowest BCUT2D eigenvalue weighted by atomic mass is 10.1. The minimum Gasteiger partial charge on any atom is -0.408 e. The Bertz CT molecular complexity index is 1190. The average molecular weight is 379 g/mol. The van der Waals surface area contributed by atoms with E-state index in [9.17, 15) is 9.59 Å². The normalized spacial score (nSPS) is 12.2. The predicted octanol–water partition coefficient (Wildman–Crippen LogP) is 4.23. The number of aromatic nitrogens is 2. The molecule has 6 nitrogen and oxygen atoms in total. The van der Waals surface area contributed by atoms with E-state index in [1.54, 1.807) is 42.5 Å². The molecule has 0 spiro atoms. The number of amides is 1. The fourth-order valence-electron chi connectivity index (χ4n) is 2.97. The highest BCUT2D eigenvalue weighted by Gasteiger charge is 2.21. The van der Waals surface area contributed by atoms with Crippen molar-refractivity contribution in [3.63, 3.8) is 0 Å². The number of aryl methyl sites for hydroxylation is 1. The molecule has 1 atom stereocenters. The van der Waals surface area contributed by atoms with Gasteiger partial charge in [-0.15, -0.1) is 11.3 Å². The number of thiazole rings is 1. The predicted molar refractivity (Wildman–Crippen MR) is 106 cm³/mol. The maximum Gasteiger partial charge on any atom is 0.420 e. The van der Waals surface area contributed by atoms with Crippen molar-refractivity contribution in [1.82, 2.24) is 9.55 Å². The lowest BCUT2D eigenvalue weighted by Gasteiger charge is -2.13. The minimum atomic E-state index is -0.716. The Morgan fingerprint density at radius 1 is 1.22 bits per heavy atom. The molecule has 1 amide bonds. The van der Waals surface area contributed by atoms with Crippen molar-refractivity contribution < 1.29 is 9.21 Å². The van der Waals surface area contributed by atoms with Gasteiger partial charge in [0.1, 0.15) is 6.04 Å². The first-order valence-corrected chi connectivity index (χ1v) is 9.34. The van der Waals surface area contributed by atoms with Gasteiger partial charge in [0.05, 0.1) is 16.2 Å². The van der Waals surface area contributed by atoms with Gasteiger partial charge in [0, 0.05) is 16.6 Å². The molecule has 27 heavy (non-hydrogen) atoms. The van der Waals surface area contributed by atoms with E-state index in [0.29, 0.717) is 16.8 Å². The van der Waals surface area contributed by atoms with Crippen molar-refractivity contribution >= 4 is 34.0 Å². The lowest BCUT2D eigenvalue weighted by molar-refractivity contribution is -0.118. The molecule has 7 heteroatoms. The quantitative estimate of drug-likeness (QED) is 0.576. The van der Waals surface area contributed by atoms with Gasteiger partial charge in [0.2, 0.25) is 5.91 Å². The monoisotopic (exact) mass is 379 g/mol. The van der Waals surface area contributed by atoms with Crippen LogP contribution in [0.4, 0.5) is 5.69 Å². The Hall–Kier alpha value is -3.19. The summed E-state index contributed by atoms with van der Waals surface area (Å²) in [6.07, 6.45) is 0. The van der Waals surface area contributed by atoms with Gasteiger partial charge in [-0.3, -0.25) is 9.36 Å². The molecule has 0 saturated heterocycles. The molecule has 4 rings (SSSR count). The fourth-order valence-corrected chi connectivity index (χ4v) is 3.59. The number of carbonyl (C=O) groups is 1. The van der Waals surface area contributed by atoms with E-state index < -0.39 is 11.8 Å². The summed E-state index contributed by atoms with van der Waals surface area (Å²) in [6, 6.07) is 13.8. The maximum absolute atomic E-state index is 12.7. The molecule has 0 bridgehead atoms. The van der Waals surface area contributed by atoms with Crippen LogP contribution in [0.3, 0.4) is 0 Å². The van der Waals surface area contributed by atoms with Gasteiger partial charge >= 0.3 is 5.76 Å². The van der Waals surface area contributed by atoms with E-state index in [-0.39, 0.29) is 5.91 Å². The smallest absolute Gasteiger partial charge is 0.408 e. The summed E-state index contributed by atoms with van der Waals surface area (Å²) in [5.41, 5.74) is 3.50. The Balaban J connectivity index is 1.60. The number of carbonyl (C=O) groups excluding carboxylic acids is 1. The number of benzene rings is 2. The van der Waals surface area contributed by atoms with Crippen LogP contribution in [0.5, 0.6) is 0 Å². The largest absolute Gasteiger partial charge is 0.420 e. The standard InChI is InChI=1S/C20H17N3O3S/c1-12(23-17-8-3-4-9-18(17)26-20(23)25)19(24)22-15-7-5-6-14(10-15)16-11-27-13(2)21-16/h3-12H,1-2H3,(H,22,24). The Labute approximate surface area is 159 Å². The summed E-state index contributed by atoms with van der Waals surface area (Å²) in [7, 11) is 0. The second-order valence-corrected chi connectivity index (χ2v) is 7.27. The molecule has 4 aromatic rings. The highest BCUT2D eigenvalue weighted by atomic mass is 32.1. The van der Waals surface area contributed by atoms with Crippen LogP contribution in [0.15, 0.2) is 63.1 Å². The molecule has 0 radical (unpaired) electrons. The molecule has 136 valence electrons. The van der Waals surface area contributed by atoms with Gasteiger partial charge in [-0.25, -0.2) is 9.78 Å². The molecule has 0 aliphatic heterocycles. The maximum atomic E-state index is 12.7. The zero-order valence-corrected chi connectivity index (χ0v) is 15.6. The van der Waals surface area contributed by atoms with Gasteiger partial charge in [0.25, 0.3) is 0 Å². The van der Waals surface area contributed by atoms with Gasteiger partial charge < -0.3 is 9.73 Å². The van der Waals surface area contributed by atoms with Gasteiger partial charge in [-0.2, -0.15) is 0 Å². The third kappa shape index (κ3) is 3.29. The number of rotatable bonds is 4. The van der Waals surface area contributed by atoms with Crippen molar-refractivity contribution in [1.29, 1.82) is 0 Å². The zero-order valence-electron chi connectivity index (χ0n) is 14.8. The number of hydrogen-bond acceptors (Lipinski definition) is 5. The van der Waals surface area contributed by atoms with Crippen molar-refractivity contribution in [3.05, 3.63) is 69.5 Å². The summed E-state index contributed by atoms with van der Waals surface area (Å²) < 4.78 is 6.58. The first-order chi connectivity index (χ1) is 13.0. The first kappa shape index (κ1) is 17.2. The highest BCUT2D eigenvalue weighted by Crippen LogP contribution is 2.25. The Morgan fingerprint density at radius 3 is 2.81 bits per heavy atom. The Kier molecular flexibility index (Phi) is 4.37. The van der Waals surface area contributed by atoms with Crippen LogP contribution < -0.4 is 11.1 Å². The third-order valence-electron chi connectivity index (χ3n) is 4.33. The fraction of sp³-hybridized carbons (Fsp3) is 0.150. The highest BCUT2D eigenvalue weighted by molar-refractivity contribution is 7.09. The van der Waals surface area contributed by atoms with Crippen LogP contribution in [0.1, 0.15) is 18.0 Å². The van der Waals surface area contributed by atoms with E-state index in [1.807, 2.05) is 36.6 Å². The molecular weight excluding hydrogens is 362 g/mol. The molecule has 2 heterocycles. The number of hydrogen-bond donors (Lipinski definition) is 1. The van der Waals surface area contributed by atoms with Crippen LogP contribution in [0, 0.1) is 6.92 Å². The third-order valence-corrected chi connectivity index (χ3v) is 5.10. The summed E-state index contributed by atoms with van der Waals surface area (Å²) in [6.45, 7) is 3.63. The summed E-state index contributed by atoms with van der Waals surface area (Å²) in [4.78, 5) is 29.4. The van der Waals surface area contributed by atoms with Crippen molar-refractivity contribution in [2.75, 3.05) is 5.32 Å². The van der Waals surface area contributed by atoms with Crippen LogP contribution in [-0.2, 0) is 4.79 Å². The van der Waals surface area contributed by atoms with Gasteiger partial charge in [0.15, 0.2) is 5.58 Å².